The number of anilines is 2. The first-order valence-corrected chi connectivity index (χ1v) is 18.8. The summed E-state index contributed by atoms with van der Waals surface area (Å²) in [5, 5.41) is 2.76. The summed E-state index contributed by atoms with van der Waals surface area (Å²) in [7, 11) is -3.85. The highest BCUT2D eigenvalue weighted by Crippen LogP contribution is 2.43. The minimum Gasteiger partial charge on any atom is -0.455 e. The van der Waals surface area contributed by atoms with Crippen molar-refractivity contribution in [3.8, 4) is 0 Å². The largest absolute Gasteiger partial charge is 0.455 e. The lowest BCUT2D eigenvalue weighted by Crippen LogP contribution is -2.50. The Kier molecular flexibility index (Phi) is 7.61. The van der Waals surface area contributed by atoms with Crippen molar-refractivity contribution in [2.24, 2.45) is 0 Å². The summed E-state index contributed by atoms with van der Waals surface area (Å²) in [6, 6.07) is 13.7. The normalized spacial score (nSPS) is 17.4. The van der Waals surface area contributed by atoms with E-state index < -0.39 is 10.0 Å². The Hall–Kier alpha value is -3.36. The molecule has 0 atom stereocenters. The van der Waals surface area contributed by atoms with E-state index in [1.165, 1.54) is 33.6 Å². The molecular weight excluding hydrogens is 580 g/mol. The van der Waals surface area contributed by atoms with Crippen molar-refractivity contribution in [1.29, 1.82) is 0 Å². The molecule has 0 spiro atoms. The van der Waals surface area contributed by atoms with Gasteiger partial charge in [-0.15, -0.1) is 3.98 Å². The number of sulfonamides is 1. The molecule has 5 heterocycles. The zero-order chi connectivity index (χ0) is 30.5. The quantitative estimate of drug-likeness (QED) is 0.170. The molecule has 8 heteroatoms. The molecule has 0 amide bonds. The van der Waals surface area contributed by atoms with Gasteiger partial charge in [0, 0.05) is 55.1 Å². The van der Waals surface area contributed by atoms with Gasteiger partial charge in [-0.05, 0) is 106 Å². The van der Waals surface area contributed by atoms with Crippen molar-refractivity contribution in [3.63, 3.8) is 0 Å². The van der Waals surface area contributed by atoms with Crippen molar-refractivity contribution in [2.75, 3.05) is 49.1 Å². The summed E-state index contributed by atoms with van der Waals surface area (Å²) in [5.74, 6) is 0. The molecule has 3 aromatic carbocycles. The van der Waals surface area contributed by atoms with Crippen molar-refractivity contribution in [2.45, 2.75) is 81.9 Å². The van der Waals surface area contributed by atoms with Crippen LogP contribution in [-0.4, -0.2) is 47.7 Å². The molecule has 0 fully saturated rings. The second-order valence-corrected chi connectivity index (χ2v) is 15.3. The highest BCUT2D eigenvalue weighted by atomic mass is 32.2. The molecule has 4 aliphatic heterocycles. The van der Waals surface area contributed by atoms with Gasteiger partial charge in [0.05, 0.1) is 17.3 Å². The molecule has 4 aliphatic rings. The predicted octanol–water partition coefficient (Wildman–Crippen LogP) is 4.95. The smallest absolute Gasteiger partial charge is 0.395 e. The Bertz CT molecular complexity index is 1870. The summed E-state index contributed by atoms with van der Waals surface area (Å²) in [4.78, 5) is 5.45. The molecule has 0 saturated carbocycles. The maximum Gasteiger partial charge on any atom is 0.395 e. The molecule has 0 saturated heterocycles. The lowest BCUT2D eigenvalue weighted by atomic mass is 9.87. The molecule has 0 radical (unpaired) electrons. The number of aryl methyl sites for hydroxylation is 4. The van der Waals surface area contributed by atoms with Gasteiger partial charge in [0.2, 0.25) is 5.36 Å². The minimum absolute atomic E-state index is 0.348. The molecule has 8 rings (SSSR count). The maximum atomic E-state index is 14.8. The first-order valence-electron chi connectivity index (χ1n) is 17.4. The highest BCUT2D eigenvalue weighted by molar-refractivity contribution is 7.89. The van der Waals surface area contributed by atoms with E-state index >= 15 is 0 Å². The van der Waals surface area contributed by atoms with Crippen LogP contribution in [0.4, 0.5) is 11.4 Å². The predicted molar refractivity (Wildman–Crippen MR) is 181 cm³/mol. The Morgan fingerprint density at radius 1 is 0.711 bits per heavy atom. The third-order valence-electron chi connectivity index (χ3n) is 10.6. The molecule has 0 unspecified atom stereocenters. The van der Waals surface area contributed by atoms with Gasteiger partial charge in [-0.25, -0.2) is 0 Å². The summed E-state index contributed by atoms with van der Waals surface area (Å²) in [6.45, 7) is 5.70. The molecular formula is C37H46N4O3S+2. The third kappa shape index (κ3) is 4.87. The fourth-order valence-corrected chi connectivity index (χ4v) is 10.2. The fraction of sp³-hybridized carbons (Fsp3) is 0.486. The zero-order valence-corrected chi connectivity index (χ0v) is 27.3. The number of fused-ring (bicyclic) bond motifs is 4. The number of rotatable bonds is 8. The molecule has 0 aliphatic carbocycles. The number of nitrogens with zero attached hydrogens (tertiary/aromatic N) is 3. The van der Waals surface area contributed by atoms with Gasteiger partial charge in [-0.3, -0.25) is 0 Å². The SMILES string of the molecule is [NH3+]CCCCCC[N+](=c1c2cc3c4c(c2oc2c5c6c(cc12)CCCN6CCC5)CCCN4CCC3)S(=O)(=O)c1ccccc1. The van der Waals surface area contributed by atoms with Crippen LogP contribution in [0.3, 0.4) is 0 Å². The van der Waals surface area contributed by atoms with Gasteiger partial charge in [0.15, 0.2) is 6.54 Å². The van der Waals surface area contributed by atoms with Gasteiger partial charge in [0.1, 0.15) is 16.1 Å². The van der Waals surface area contributed by atoms with E-state index in [2.05, 4.69) is 27.7 Å². The average molecular weight is 627 g/mol. The van der Waals surface area contributed by atoms with E-state index in [4.69, 9.17) is 4.42 Å². The average Bonchev–Trinajstić information content (AvgIpc) is 3.07. The molecule has 45 heavy (non-hydrogen) atoms. The summed E-state index contributed by atoms with van der Waals surface area (Å²) < 4.78 is 38.6. The number of quaternary nitrogens is 1. The van der Waals surface area contributed by atoms with Gasteiger partial charge >= 0.3 is 10.0 Å². The van der Waals surface area contributed by atoms with Crippen molar-refractivity contribution >= 4 is 43.3 Å². The topological polar surface area (TPSA) is 84.4 Å². The van der Waals surface area contributed by atoms with E-state index in [0.29, 0.717) is 11.4 Å². The summed E-state index contributed by atoms with van der Waals surface area (Å²) in [5.41, 5.74) is 13.8. The van der Waals surface area contributed by atoms with Crippen LogP contribution in [0.1, 0.15) is 73.6 Å². The van der Waals surface area contributed by atoms with Gasteiger partial charge in [-0.1, -0.05) is 18.2 Å². The maximum absolute atomic E-state index is 14.8. The van der Waals surface area contributed by atoms with Crippen molar-refractivity contribution in [1.82, 2.24) is 3.98 Å². The van der Waals surface area contributed by atoms with Crippen molar-refractivity contribution in [3.05, 3.63) is 70.1 Å². The van der Waals surface area contributed by atoms with Crippen LogP contribution in [-0.2, 0) is 35.7 Å². The highest BCUT2D eigenvalue weighted by Gasteiger charge is 2.35. The standard InChI is InChI=1S/C37H45N4O3S/c38-18-6-1-2-7-23-41(45(42,43)28-14-4-3-5-15-28)35-31-24-26-12-8-19-39-21-10-16-29(33(26)39)36(31)44-37-30-17-11-22-40-20-9-13-27(34(30)40)25-32(35)37/h3-5,14-15,24-25H,1-2,6-13,16-23,38H2/q+1/p+1. The summed E-state index contributed by atoms with van der Waals surface area (Å²) in [6.07, 6.45) is 12.3. The fourth-order valence-electron chi connectivity index (χ4n) is 8.62. The minimum atomic E-state index is -3.85. The first kappa shape index (κ1) is 29.1. The number of unbranched alkanes of at least 4 members (excludes halogenated alkanes) is 3. The zero-order valence-electron chi connectivity index (χ0n) is 26.5. The van der Waals surface area contributed by atoms with E-state index in [-0.39, 0.29) is 0 Å². The van der Waals surface area contributed by atoms with Crippen molar-refractivity contribution < 1.29 is 18.6 Å². The second kappa shape index (κ2) is 11.8. The molecule has 4 aromatic rings. The van der Waals surface area contributed by atoms with E-state index in [0.717, 1.165) is 137 Å². The number of hydrogen-bond acceptors (Lipinski definition) is 5. The van der Waals surface area contributed by atoms with E-state index in [1.54, 1.807) is 16.1 Å². The van der Waals surface area contributed by atoms with Crippen LogP contribution >= 0.6 is 0 Å². The number of benzene rings is 3. The molecule has 0 bridgehead atoms. The van der Waals surface area contributed by atoms with Crippen LogP contribution in [0.5, 0.6) is 0 Å². The van der Waals surface area contributed by atoms with E-state index in [9.17, 15) is 8.42 Å². The van der Waals surface area contributed by atoms with Gasteiger partial charge < -0.3 is 20.0 Å². The molecule has 1 aromatic heterocycles. The second-order valence-electron chi connectivity index (χ2n) is 13.5. The third-order valence-corrected chi connectivity index (χ3v) is 12.4. The van der Waals surface area contributed by atoms with Crippen LogP contribution in [0.15, 0.2) is 51.8 Å². The van der Waals surface area contributed by atoms with Gasteiger partial charge in [-0.2, -0.15) is 8.42 Å². The van der Waals surface area contributed by atoms with Crippen LogP contribution in [0, 0.1) is 0 Å². The van der Waals surface area contributed by atoms with Crippen LogP contribution in [0.2, 0.25) is 0 Å². The molecule has 236 valence electrons. The first-order chi connectivity index (χ1) is 22.1. The molecule has 3 N–H and O–H groups in total. The summed E-state index contributed by atoms with van der Waals surface area (Å²) >= 11 is 0. The lowest BCUT2D eigenvalue weighted by Gasteiger charge is -2.38. The van der Waals surface area contributed by atoms with E-state index in [1.807, 2.05) is 18.2 Å². The van der Waals surface area contributed by atoms with Crippen LogP contribution < -0.4 is 24.9 Å². The number of hydrogen-bond donors (Lipinski definition) is 1. The van der Waals surface area contributed by atoms with Crippen LogP contribution in [0.25, 0.3) is 21.9 Å². The Morgan fingerprint density at radius 3 is 1.80 bits per heavy atom. The van der Waals surface area contributed by atoms with Gasteiger partial charge in [0.25, 0.3) is 0 Å². The Morgan fingerprint density at radius 2 is 1.24 bits per heavy atom. The Labute approximate surface area is 266 Å². The molecule has 7 nitrogen and oxygen atoms in total. The monoisotopic (exact) mass is 626 g/mol. The lowest BCUT2D eigenvalue weighted by molar-refractivity contribution is -0.368. The Balaban J connectivity index is 1.52.